The van der Waals surface area contributed by atoms with E-state index in [1.807, 2.05) is 72.4 Å². The number of aromatic nitrogens is 8. The fourth-order valence-corrected chi connectivity index (χ4v) is 7.06. The Kier molecular flexibility index (Phi) is 5.39. The lowest BCUT2D eigenvalue weighted by Gasteiger charge is -2.26. The molecule has 0 saturated carbocycles. The summed E-state index contributed by atoms with van der Waals surface area (Å²) >= 11 is 3.31. The fourth-order valence-electron chi connectivity index (χ4n) is 5.15. The number of pyridine rings is 1. The Hall–Kier alpha value is -4.61. The number of para-hydroxylation sites is 2. The molecular formula is C29H20N8OS2. The molecule has 9 nitrogen and oxygen atoms in total. The summed E-state index contributed by atoms with van der Waals surface area (Å²) in [6.07, 6.45) is 5.32. The highest BCUT2D eigenvalue weighted by Gasteiger charge is 2.38. The van der Waals surface area contributed by atoms with Gasteiger partial charge in [-0.2, -0.15) is 5.10 Å². The summed E-state index contributed by atoms with van der Waals surface area (Å²) in [5, 5.41) is 9.64. The maximum absolute atomic E-state index is 6.49. The van der Waals surface area contributed by atoms with Gasteiger partial charge < -0.3 is 4.74 Å². The number of fused-ring (bicyclic) bond motifs is 5. The van der Waals surface area contributed by atoms with Crippen LogP contribution in [0.1, 0.15) is 34.1 Å². The van der Waals surface area contributed by atoms with E-state index in [0.717, 1.165) is 37.9 Å². The first-order chi connectivity index (χ1) is 19.7. The van der Waals surface area contributed by atoms with E-state index in [-0.39, 0.29) is 5.92 Å². The SMILES string of the molecule is Cc1nn(-c2ccccc2)c2c1C(c1cccnc1)c1c(ncn3nc(CSc4nc5ccccc5s4)nc13)O2. The van der Waals surface area contributed by atoms with E-state index in [1.54, 1.807) is 40.1 Å². The van der Waals surface area contributed by atoms with Gasteiger partial charge in [0.25, 0.3) is 0 Å². The maximum Gasteiger partial charge on any atom is 0.230 e. The number of aryl methyl sites for hydroxylation is 1. The molecule has 2 aromatic carbocycles. The summed E-state index contributed by atoms with van der Waals surface area (Å²) in [5.74, 6) is 2.20. The van der Waals surface area contributed by atoms with Gasteiger partial charge in [-0.1, -0.05) is 48.2 Å². The Labute approximate surface area is 236 Å². The van der Waals surface area contributed by atoms with Gasteiger partial charge in [0.15, 0.2) is 15.8 Å². The van der Waals surface area contributed by atoms with Gasteiger partial charge in [-0.3, -0.25) is 4.98 Å². The lowest BCUT2D eigenvalue weighted by atomic mass is 9.85. The number of thioether (sulfide) groups is 1. The van der Waals surface area contributed by atoms with Gasteiger partial charge in [-0.25, -0.2) is 24.1 Å². The molecule has 40 heavy (non-hydrogen) atoms. The van der Waals surface area contributed by atoms with Gasteiger partial charge in [0.2, 0.25) is 11.8 Å². The standard InChI is InChI=1S/C29H20N8OS2/c1-17-23-24(18-8-7-13-30-14-18)25-26-33-22(15-39-29-32-20-11-5-6-12-21(20)40-29)35-36(26)16-31-27(25)38-28(23)37(34-17)19-9-3-2-4-10-19/h2-14,16,24H,15H2,1H3. The van der Waals surface area contributed by atoms with Crippen LogP contribution in [0, 0.1) is 6.92 Å². The maximum atomic E-state index is 6.49. The molecule has 1 atom stereocenters. The van der Waals surface area contributed by atoms with Crippen LogP contribution in [0.4, 0.5) is 0 Å². The average Bonchev–Trinajstić information content (AvgIpc) is 3.70. The fraction of sp³-hybridized carbons (Fsp3) is 0.103. The van der Waals surface area contributed by atoms with Crippen LogP contribution in [0.5, 0.6) is 11.8 Å². The van der Waals surface area contributed by atoms with E-state index in [0.29, 0.717) is 29.0 Å². The smallest absolute Gasteiger partial charge is 0.230 e. The molecule has 0 aliphatic carbocycles. The molecule has 1 aliphatic heterocycles. The molecule has 0 N–H and O–H groups in total. The van der Waals surface area contributed by atoms with Crippen LogP contribution in [-0.2, 0) is 5.75 Å². The summed E-state index contributed by atoms with van der Waals surface area (Å²) in [6, 6.07) is 22.2. The molecule has 194 valence electrons. The lowest BCUT2D eigenvalue weighted by molar-refractivity contribution is 0.402. The highest BCUT2D eigenvalue weighted by atomic mass is 32.2. The van der Waals surface area contributed by atoms with E-state index in [2.05, 4.69) is 22.1 Å². The van der Waals surface area contributed by atoms with Crippen molar-refractivity contribution in [1.29, 1.82) is 0 Å². The Morgan fingerprint density at radius 1 is 0.950 bits per heavy atom. The van der Waals surface area contributed by atoms with E-state index < -0.39 is 0 Å². The normalized spacial score (nSPS) is 14.3. The van der Waals surface area contributed by atoms with Crippen LogP contribution in [-0.4, -0.2) is 39.3 Å². The van der Waals surface area contributed by atoms with Gasteiger partial charge >= 0.3 is 0 Å². The molecule has 1 unspecified atom stereocenters. The van der Waals surface area contributed by atoms with Gasteiger partial charge in [-0.15, -0.1) is 16.4 Å². The lowest BCUT2D eigenvalue weighted by Crippen LogP contribution is -2.16. The first-order valence-corrected chi connectivity index (χ1v) is 14.5. The van der Waals surface area contributed by atoms with Crippen molar-refractivity contribution in [3.8, 4) is 17.4 Å². The highest BCUT2D eigenvalue weighted by Crippen LogP contribution is 2.49. The summed E-state index contributed by atoms with van der Waals surface area (Å²) in [4.78, 5) is 18.8. The molecule has 8 rings (SSSR count). The molecule has 0 fully saturated rings. The van der Waals surface area contributed by atoms with Crippen molar-refractivity contribution in [2.75, 3.05) is 0 Å². The molecule has 0 radical (unpaired) electrons. The van der Waals surface area contributed by atoms with Crippen LogP contribution < -0.4 is 4.74 Å². The minimum atomic E-state index is -0.227. The van der Waals surface area contributed by atoms with Crippen molar-refractivity contribution < 1.29 is 4.74 Å². The van der Waals surface area contributed by atoms with Crippen LogP contribution in [0.25, 0.3) is 21.6 Å². The topological polar surface area (TPSA) is 95.9 Å². The quantitative estimate of drug-likeness (QED) is 0.230. The zero-order chi connectivity index (χ0) is 26.6. The third kappa shape index (κ3) is 3.77. The molecule has 0 spiro atoms. The number of benzene rings is 2. The predicted molar refractivity (Wildman–Crippen MR) is 154 cm³/mol. The number of hydrogen-bond donors (Lipinski definition) is 0. The van der Waals surface area contributed by atoms with Crippen molar-refractivity contribution in [2.45, 2.75) is 22.9 Å². The number of hydrogen-bond acceptors (Lipinski definition) is 9. The second kappa shape index (κ2) is 9.25. The van der Waals surface area contributed by atoms with Crippen LogP contribution in [0.3, 0.4) is 0 Å². The summed E-state index contributed by atoms with van der Waals surface area (Å²) in [5.41, 5.74) is 6.32. The van der Waals surface area contributed by atoms with Gasteiger partial charge in [0.05, 0.1) is 44.4 Å². The van der Waals surface area contributed by atoms with E-state index in [4.69, 9.17) is 24.9 Å². The molecule has 0 amide bonds. The van der Waals surface area contributed by atoms with Crippen LogP contribution in [0.2, 0.25) is 0 Å². The molecular weight excluding hydrogens is 541 g/mol. The average molecular weight is 561 g/mol. The number of rotatable bonds is 5. The van der Waals surface area contributed by atoms with Crippen molar-refractivity contribution in [1.82, 2.24) is 39.3 Å². The Balaban J connectivity index is 1.24. The monoisotopic (exact) mass is 560 g/mol. The summed E-state index contributed by atoms with van der Waals surface area (Å²) < 4.78 is 12.2. The number of nitrogens with zero attached hydrogens (tertiary/aromatic N) is 8. The Bertz CT molecular complexity index is 1980. The number of ether oxygens (including phenoxy) is 1. The first kappa shape index (κ1) is 23.3. The van der Waals surface area contributed by atoms with E-state index in [9.17, 15) is 0 Å². The highest BCUT2D eigenvalue weighted by molar-refractivity contribution is 8.00. The van der Waals surface area contributed by atoms with Crippen molar-refractivity contribution in [3.63, 3.8) is 0 Å². The van der Waals surface area contributed by atoms with Crippen LogP contribution >= 0.6 is 23.1 Å². The van der Waals surface area contributed by atoms with Gasteiger partial charge in [0, 0.05) is 12.4 Å². The second-order valence-electron chi connectivity index (χ2n) is 9.37. The summed E-state index contributed by atoms with van der Waals surface area (Å²) in [7, 11) is 0. The zero-order valence-electron chi connectivity index (χ0n) is 21.2. The molecule has 7 aromatic rings. The number of thiazole rings is 1. The first-order valence-electron chi connectivity index (χ1n) is 12.7. The molecule has 11 heteroatoms. The van der Waals surface area contributed by atoms with Crippen molar-refractivity contribution in [2.24, 2.45) is 0 Å². The predicted octanol–water partition coefficient (Wildman–Crippen LogP) is 6.20. The largest absolute Gasteiger partial charge is 0.420 e. The van der Waals surface area contributed by atoms with Gasteiger partial charge in [-0.05, 0) is 42.8 Å². The third-order valence-corrected chi connectivity index (χ3v) is 9.06. The second-order valence-corrected chi connectivity index (χ2v) is 11.6. The molecule has 0 saturated heterocycles. The summed E-state index contributed by atoms with van der Waals surface area (Å²) in [6.45, 7) is 2.01. The van der Waals surface area contributed by atoms with Crippen molar-refractivity contribution >= 4 is 39.0 Å². The third-order valence-electron chi connectivity index (χ3n) is 6.88. The minimum absolute atomic E-state index is 0.227. The molecule has 5 aromatic heterocycles. The molecule has 0 bridgehead atoms. The van der Waals surface area contributed by atoms with E-state index in [1.165, 1.54) is 4.70 Å². The Morgan fingerprint density at radius 2 is 1.82 bits per heavy atom. The van der Waals surface area contributed by atoms with Crippen LogP contribution in [0.15, 0.2) is 89.8 Å². The molecule has 6 heterocycles. The van der Waals surface area contributed by atoms with Gasteiger partial charge in [0.1, 0.15) is 6.33 Å². The van der Waals surface area contributed by atoms with E-state index >= 15 is 0 Å². The minimum Gasteiger partial charge on any atom is -0.420 e. The molecule has 1 aliphatic rings. The zero-order valence-corrected chi connectivity index (χ0v) is 22.8. The van der Waals surface area contributed by atoms with Crippen molar-refractivity contribution in [3.05, 3.63) is 114 Å². The Morgan fingerprint density at radius 3 is 2.67 bits per heavy atom.